The van der Waals surface area contributed by atoms with Crippen LogP contribution in [0.4, 0.5) is 5.88 Å². The van der Waals surface area contributed by atoms with Crippen molar-refractivity contribution in [1.29, 1.82) is 0 Å². The molecule has 2 heterocycles. The summed E-state index contributed by atoms with van der Waals surface area (Å²) in [6, 6.07) is 16.8. The lowest BCUT2D eigenvalue weighted by Gasteiger charge is -2.14. The van der Waals surface area contributed by atoms with Crippen LogP contribution in [-0.2, 0) is 4.79 Å². The maximum Gasteiger partial charge on any atom is 0.240 e. The molecule has 0 aliphatic carbocycles. The minimum absolute atomic E-state index is 0.237. The average Bonchev–Trinajstić information content (AvgIpc) is 3.44. The Morgan fingerprint density at radius 3 is 2.52 bits per heavy atom. The highest BCUT2D eigenvalue weighted by Crippen LogP contribution is 2.35. The number of benzene rings is 2. The second-order valence-electron chi connectivity index (χ2n) is 7.12. The van der Waals surface area contributed by atoms with Crippen LogP contribution in [0.5, 0.6) is 11.5 Å². The number of para-hydroxylation sites is 1. The number of aryl methyl sites for hydroxylation is 1. The molecule has 10 heteroatoms. The van der Waals surface area contributed by atoms with Crippen molar-refractivity contribution >= 4 is 23.6 Å². The van der Waals surface area contributed by atoms with Gasteiger partial charge in [-0.15, -0.1) is 10.2 Å². The zero-order valence-corrected chi connectivity index (χ0v) is 19.4. The maximum absolute atomic E-state index is 12.7. The van der Waals surface area contributed by atoms with E-state index in [4.69, 9.17) is 14.0 Å². The lowest BCUT2D eigenvalue weighted by Crippen LogP contribution is -2.22. The number of carbonyl (C=O) groups excluding carboxylic acids is 1. The number of aromatic nitrogens is 4. The Morgan fingerprint density at radius 1 is 1.09 bits per heavy atom. The number of thioether (sulfide) groups is 1. The quantitative estimate of drug-likeness (QED) is 0.383. The van der Waals surface area contributed by atoms with Gasteiger partial charge in [-0.3, -0.25) is 14.7 Å². The molecule has 2 aromatic carbocycles. The van der Waals surface area contributed by atoms with E-state index in [1.54, 1.807) is 34.1 Å². The van der Waals surface area contributed by atoms with Crippen LogP contribution in [-0.4, -0.2) is 45.3 Å². The summed E-state index contributed by atoms with van der Waals surface area (Å²) in [5.41, 5.74) is 2.29. The van der Waals surface area contributed by atoms with Crippen LogP contribution >= 0.6 is 11.8 Å². The number of rotatable bonds is 8. The van der Waals surface area contributed by atoms with Crippen molar-refractivity contribution in [1.82, 2.24) is 19.9 Å². The Morgan fingerprint density at radius 2 is 1.85 bits per heavy atom. The van der Waals surface area contributed by atoms with Gasteiger partial charge in [-0.2, -0.15) is 0 Å². The summed E-state index contributed by atoms with van der Waals surface area (Å²) < 4.78 is 17.8. The number of hydrogen-bond donors (Lipinski definition) is 1. The molecular formula is C23H23N5O4S. The van der Waals surface area contributed by atoms with E-state index in [9.17, 15) is 4.79 Å². The van der Waals surface area contributed by atoms with Gasteiger partial charge in [-0.1, -0.05) is 29.1 Å². The van der Waals surface area contributed by atoms with Crippen LogP contribution in [0.1, 0.15) is 12.6 Å². The fraction of sp³-hybridized carbons (Fsp3) is 0.217. The van der Waals surface area contributed by atoms with E-state index < -0.39 is 5.25 Å². The summed E-state index contributed by atoms with van der Waals surface area (Å²) in [7, 11) is 3.23. The minimum atomic E-state index is -0.484. The lowest BCUT2D eigenvalue weighted by molar-refractivity contribution is -0.115. The van der Waals surface area contributed by atoms with E-state index in [0.29, 0.717) is 28.3 Å². The van der Waals surface area contributed by atoms with Crippen molar-refractivity contribution in [2.45, 2.75) is 24.3 Å². The summed E-state index contributed by atoms with van der Waals surface area (Å²) in [6.07, 6.45) is 0. The summed E-state index contributed by atoms with van der Waals surface area (Å²) >= 11 is 1.28. The third-order valence-corrected chi connectivity index (χ3v) is 5.88. The van der Waals surface area contributed by atoms with Crippen molar-refractivity contribution in [3.05, 3.63) is 60.3 Å². The largest absolute Gasteiger partial charge is 0.497 e. The van der Waals surface area contributed by atoms with Gasteiger partial charge in [-0.25, -0.2) is 0 Å². The van der Waals surface area contributed by atoms with E-state index in [2.05, 4.69) is 20.7 Å². The molecule has 4 rings (SSSR count). The second kappa shape index (κ2) is 9.78. The number of ether oxygens (including phenoxy) is 2. The fourth-order valence-corrected chi connectivity index (χ4v) is 4.04. The van der Waals surface area contributed by atoms with Gasteiger partial charge in [0.1, 0.15) is 11.5 Å². The number of carbonyl (C=O) groups is 1. The van der Waals surface area contributed by atoms with Gasteiger partial charge in [0.2, 0.25) is 11.8 Å². The molecule has 0 aliphatic rings. The van der Waals surface area contributed by atoms with E-state index in [0.717, 1.165) is 17.0 Å². The standard InChI is InChI=1S/C23H23N5O4S/c1-14-13-20(32-27-14)24-22(29)15(2)33-23-26-25-21(18-7-5-6-8-19(18)31-4)28(23)16-9-11-17(30-3)12-10-16/h5-13,15H,1-4H3,(H,24,29). The minimum Gasteiger partial charge on any atom is -0.497 e. The first-order valence-corrected chi connectivity index (χ1v) is 11.0. The van der Waals surface area contributed by atoms with Crippen LogP contribution in [0.15, 0.2) is 64.3 Å². The molecule has 1 atom stereocenters. The molecule has 1 unspecified atom stereocenters. The van der Waals surface area contributed by atoms with Crippen LogP contribution in [0.3, 0.4) is 0 Å². The molecule has 1 amide bonds. The Labute approximate surface area is 195 Å². The Balaban J connectivity index is 1.70. The van der Waals surface area contributed by atoms with Gasteiger partial charge in [0.25, 0.3) is 0 Å². The second-order valence-corrected chi connectivity index (χ2v) is 8.43. The molecule has 0 bridgehead atoms. The monoisotopic (exact) mass is 465 g/mol. The molecule has 0 radical (unpaired) electrons. The summed E-state index contributed by atoms with van der Waals surface area (Å²) in [4.78, 5) is 12.7. The fourth-order valence-electron chi connectivity index (χ4n) is 3.17. The van der Waals surface area contributed by atoms with Crippen molar-refractivity contribution in [2.24, 2.45) is 0 Å². The summed E-state index contributed by atoms with van der Waals surface area (Å²) in [5.74, 6) is 2.06. The van der Waals surface area contributed by atoms with Crippen LogP contribution in [0.2, 0.25) is 0 Å². The Bertz CT molecular complexity index is 1250. The zero-order valence-electron chi connectivity index (χ0n) is 18.6. The Kier molecular flexibility index (Phi) is 6.64. The molecular weight excluding hydrogens is 442 g/mol. The number of hydrogen-bond acceptors (Lipinski definition) is 8. The molecule has 9 nitrogen and oxygen atoms in total. The maximum atomic E-state index is 12.7. The zero-order chi connectivity index (χ0) is 23.4. The van der Waals surface area contributed by atoms with Gasteiger partial charge < -0.3 is 14.0 Å². The van der Waals surface area contributed by atoms with Gasteiger partial charge >= 0.3 is 0 Å². The Hall–Kier alpha value is -3.79. The number of nitrogens with one attached hydrogen (secondary N) is 1. The number of nitrogens with zero attached hydrogens (tertiary/aromatic N) is 4. The molecule has 0 saturated heterocycles. The molecule has 170 valence electrons. The van der Waals surface area contributed by atoms with Crippen molar-refractivity contribution in [3.8, 4) is 28.6 Å². The van der Waals surface area contributed by atoms with Crippen LogP contribution in [0.25, 0.3) is 17.1 Å². The molecule has 0 spiro atoms. The highest BCUT2D eigenvalue weighted by molar-refractivity contribution is 8.00. The van der Waals surface area contributed by atoms with Gasteiger partial charge in [0.15, 0.2) is 11.0 Å². The number of methoxy groups -OCH3 is 2. The van der Waals surface area contributed by atoms with Gasteiger partial charge in [-0.05, 0) is 50.2 Å². The molecule has 1 N–H and O–H groups in total. The van der Waals surface area contributed by atoms with Crippen molar-refractivity contribution < 1.29 is 18.8 Å². The highest BCUT2D eigenvalue weighted by atomic mass is 32.2. The van der Waals surface area contributed by atoms with Crippen molar-refractivity contribution in [2.75, 3.05) is 19.5 Å². The van der Waals surface area contributed by atoms with Crippen LogP contribution in [0, 0.1) is 6.92 Å². The topological polar surface area (TPSA) is 104 Å². The van der Waals surface area contributed by atoms with Gasteiger partial charge in [0.05, 0.1) is 36.4 Å². The van der Waals surface area contributed by atoms with Gasteiger partial charge in [0, 0.05) is 6.07 Å². The third kappa shape index (κ3) is 4.85. The van der Waals surface area contributed by atoms with E-state index in [1.165, 1.54) is 11.8 Å². The predicted octanol–water partition coefficient (Wildman–Crippen LogP) is 4.37. The molecule has 0 saturated carbocycles. The molecule has 2 aromatic heterocycles. The SMILES string of the molecule is COc1ccc(-n2c(SC(C)C(=O)Nc3cc(C)no3)nnc2-c2ccccc2OC)cc1. The molecule has 4 aromatic rings. The third-order valence-electron chi connectivity index (χ3n) is 4.84. The highest BCUT2D eigenvalue weighted by Gasteiger charge is 2.24. The molecule has 0 aliphatic heterocycles. The molecule has 0 fully saturated rings. The molecule has 33 heavy (non-hydrogen) atoms. The van der Waals surface area contributed by atoms with E-state index in [1.807, 2.05) is 53.1 Å². The van der Waals surface area contributed by atoms with E-state index >= 15 is 0 Å². The summed E-state index contributed by atoms with van der Waals surface area (Å²) in [5, 5.41) is 15.4. The number of anilines is 1. The number of amides is 1. The normalized spacial score (nSPS) is 11.8. The lowest BCUT2D eigenvalue weighted by atomic mass is 10.2. The van der Waals surface area contributed by atoms with Crippen LogP contribution < -0.4 is 14.8 Å². The average molecular weight is 466 g/mol. The first-order valence-electron chi connectivity index (χ1n) is 10.1. The van der Waals surface area contributed by atoms with E-state index in [-0.39, 0.29) is 5.91 Å². The summed E-state index contributed by atoms with van der Waals surface area (Å²) in [6.45, 7) is 3.58. The van der Waals surface area contributed by atoms with Crippen molar-refractivity contribution in [3.63, 3.8) is 0 Å². The predicted molar refractivity (Wildman–Crippen MR) is 125 cm³/mol. The first kappa shape index (κ1) is 22.4. The smallest absolute Gasteiger partial charge is 0.240 e. The first-order chi connectivity index (χ1) is 16.0.